The molecule has 0 saturated heterocycles. The SMILES string of the molecule is BrC1=C2CC3C1CCCC23. The summed E-state index contributed by atoms with van der Waals surface area (Å²) in [7, 11) is 0. The highest BCUT2D eigenvalue weighted by Crippen LogP contribution is 2.63. The van der Waals surface area contributed by atoms with E-state index in [0.717, 1.165) is 17.8 Å². The van der Waals surface area contributed by atoms with E-state index in [0.29, 0.717) is 0 Å². The minimum atomic E-state index is 0.966. The van der Waals surface area contributed by atoms with Gasteiger partial charge in [-0.2, -0.15) is 0 Å². The zero-order chi connectivity index (χ0) is 6.72. The lowest BCUT2D eigenvalue weighted by Gasteiger charge is -2.39. The van der Waals surface area contributed by atoms with Crippen molar-refractivity contribution in [1.82, 2.24) is 0 Å². The molecular weight excluding hydrogens is 188 g/mol. The van der Waals surface area contributed by atoms with E-state index in [1.54, 1.807) is 10.1 Å². The molecule has 10 heavy (non-hydrogen) atoms. The van der Waals surface area contributed by atoms with Crippen molar-refractivity contribution in [3.63, 3.8) is 0 Å². The van der Waals surface area contributed by atoms with Crippen molar-refractivity contribution in [2.24, 2.45) is 17.8 Å². The Morgan fingerprint density at radius 2 is 2.00 bits per heavy atom. The van der Waals surface area contributed by atoms with E-state index < -0.39 is 0 Å². The summed E-state index contributed by atoms with van der Waals surface area (Å²) in [5, 5.41) is 0. The predicted molar refractivity (Wildman–Crippen MR) is 44.9 cm³/mol. The molecule has 0 heterocycles. The quantitative estimate of drug-likeness (QED) is 0.562. The van der Waals surface area contributed by atoms with E-state index in [4.69, 9.17) is 0 Å². The van der Waals surface area contributed by atoms with E-state index in [1.807, 2.05) is 0 Å². The van der Waals surface area contributed by atoms with E-state index >= 15 is 0 Å². The third-order valence-electron chi connectivity index (χ3n) is 3.60. The summed E-state index contributed by atoms with van der Waals surface area (Å²) in [5.74, 6) is 3.08. The molecule has 4 rings (SSSR count). The smallest absolute Gasteiger partial charge is 0.00202 e. The summed E-state index contributed by atoms with van der Waals surface area (Å²) in [6.45, 7) is 0. The molecule has 0 aromatic rings. The van der Waals surface area contributed by atoms with Gasteiger partial charge in [0.2, 0.25) is 0 Å². The molecule has 4 aliphatic rings. The second-order valence-electron chi connectivity index (χ2n) is 3.89. The Bertz CT molecular complexity index is 217. The maximum absolute atomic E-state index is 3.73. The van der Waals surface area contributed by atoms with E-state index in [1.165, 1.54) is 25.7 Å². The highest BCUT2D eigenvalue weighted by molar-refractivity contribution is 9.11. The first kappa shape index (κ1) is 5.82. The maximum atomic E-state index is 3.73. The minimum absolute atomic E-state index is 0.966. The fraction of sp³-hybridized carbons (Fsp3) is 0.778. The summed E-state index contributed by atoms with van der Waals surface area (Å²) in [6.07, 6.45) is 5.87. The van der Waals surface area contributed by atoms with Crippen molar-refractivity contribution in [2.75, 3.05) is 0 Å². The number of hydrogen-bond donors (Lipinski definition) is 0. The Morgan fingerprint density at radius 3 is 2.70 bits per heavy atom. The fourth-order valence-corrected chi connectivity index (χ4v) is 4.08. The van der Waals surface area contributed by atoms with Crippen molar-refractivity contribution in [2.45, 2.75) is 25.7 Å². The maximum Gasteiger partial charge on any atom is -0.00202 e. The second-order valence-corrected chi connectivity index (χ2v) is 4.74. The lowest BCUT2D eigenvalue weighted by atomic mass is 9.66. The molecule has 0 aromatic carbocycles. The predicted octanol–water partition coefficient (Wildman–Crippen LogP) is 3.09. The van der Waals surface area contributed by atoms with Crippen molar-refractivity contribution in [3.05, 3.63) is 10.1 Å². The Balaban J connectivity index is 2.08. The number of rotatable bonds is 0. The molecule has 2 fully saturated rings. The van der Waals surface area contributed by atoms with Crippen molar-refractivity contribution >= 4 is 15.9 Å². The van der Waals surface area contributed by atoms with Crippen molar-refractivity contribution in [1.29, 1.82) is 0 Å². The van der Waals surface area contributed by atoms with Gasteiger partial charge in [0.15, 0.2) is 0 Å². The Morgan fingerprint density at radius 1 is 1.20 bits per heavy atom. The molecule has 2 saturated carbocycles. The highest BCUT2D eigenvalue weighted by atomic mass is 79.9. The van der Waals surface area contributed by atoms with Crippen LogP contribution in [0.25, 0.3) is 0 Å². The van der Waals surface area contributed by atoms with Crippen LogP contribution in [0.15, 0.2) is 10.1 Å². The summed E-state index contributed by atoms with van der Waals surface area (Å²) < 4.78 is 1.61. The van der Waals surface area contributed by atoms with Gasteiger partial charge in [0.25, 0.3) is 0 Å². The summed E-state index contributed by atoms with van der Waals surface area (Å²) in [6, 6.07) is 0. The molecule has 1 heteroatoms. The monoisotopic (exact) mass is 198 g/mol. The Kier molecular flexibility index (Phi) is 0.981. The van der Waals surface area contributed by atoms with Gasteiger partial charge in [-0.05, 0) is 41.5 Å². The van der Waals surface area contributed by atoms with Gasteiger partial charge in [-0.1, -0.05) is 27.9 Å². The van der Waals surface area contributed by atoms with E-state index in [2.05, 4.69) is 15.9 Å². The van der Waals surface area contributed by atoms with Crippen LogP contribution < -0.4 is 0 Å². The molecule has 3 unspecified atom stereocenters. The van der Waals surface area contributed by atoms with Crippen LogP contribution in [-0.2, 0) is 0 Å². The standard InChI is InChI=1S/C9H11Br/c10-9-6-3-1-2-5-7(6)4-8(5)9/h5-7H,1-4H2. The normalized spacial score (nSPS) is 49.5. The van der Waals surface area contributed by atoms with Crippen LogP contribution in [0.5, 0.6) is 0 Å². The minimum Gasteiger partial charge on any atom is -0.0561 e. The zero-order valence-electron chi connectivity index (χ0n) is 5.94. The van der Waals surface area contributed by atoms with E-state index in [-0.39, 0.29) is 0 Å². The van der Waals surface area contributed by atoms with Gasteiger partial charge >= 0.3 is 0 Å². The number of allylic oxidation sites excluding steroid dienone is 2. The van der Waals surface area contributed by atoms with Crippen LogP contribution in [-0.4, -0.2) is 0 Å². The third kappa shape index (κ3) is 0.469. The van der Waals surface area contributed by atoms with Crippen molar-refractivity contribution < 1.29 is 0 Å². The van der Waals surface area contributed by atoms with Crippen LogP contribution in [0.2, 0.25) is 0 Å². The number of halogens is 1. The lowest BCUT2D eigenvalue weighted by Crippen LogP contribution is -2.30. The first-order valence-corrected chi connectivity index (χ1v) is 5.05. The molecule has 0 nitrogen and oxygen atoms in total. The molecule has 0 spiro atoms. The average Bonchev–Trinajstić information content (AvgIpc) is 2.27. The molecule has 54 valence electrons. The van der Waals surface area contributed by atoms with E-state index in [9.17, 15) is 0 Å². The van der Waals surface area contributed by atoms with Gasteiger partial charge in [-0.25, -0.2) is 0 Å². The molecule has 3 atom stereocenters. The zero-order valence-corrected chi connectivity index (χ0v) is 7.52. The van der Waals surface area contributed by atoms with Crippen LogP contribution in [0.1, 0.15) is 25.7 Å². The van der Waals surface area contributed by atoms with Gasteiger partial charge in [0.1, 0.15) is 0 Å². The third-order valence-corrected chi connectivity index (χ3v) is 4.70. The van der Waals surface area contributed by atoms with Gasteiger partial charge in [0.05, 0.1) is 0 Å². The molecule has 4 bridgehead atoms. The molecule has 0 aliphatic heterocycles. The van der Waals surface area contributed by atoms with Gasteiger partial charge in [-0.3, -0.25) is 0 Å². The molecule has 0 aromatic heterocycles. The first-order valence-electron chi connectivity index (χ1n) is 4.26. The summed E-state index contributed by atoms with van der Waals surface area (Å²) >= 11 is 3.73. The van der Waals surface area contributed by atoms with Gasteiger partial charge in [0, 0.05) is 0 Å². The van der Waals surface area contributed by atoms with Crippen LogP contribution in [0.3, 0.4) is 0 Å². The highest BCUT2D eigenvalue weighted by Gasteiger charge is 2.51. The second kappa shape index (κ2) is 1.69. The molecule has 4 aliphatic carbocycles. The largest absolute Gasteiger partial charge is 0.0561 e. The summed E-state index contributed by atoms with van der Waals surface area (Å²) in [5.41, 5.74) is 1.78. The molecule has 0 N–H and O–H groups in total. The topological polar surface area (TPSA) is 0 Å². The first-order chi connectivity index (χ1) is 4.88. The molecular formula is C9H11Br. The Labute approximate surface area is 69.8 Å². The lowest BCUT2D eigenvalue weighted by molar-refractivity contribution is 0.184. The van der Waals surface area contributed by atoms with Crippen LogP contribution >= 0.6 is 15.9 Å². The Hall–Kier alpha value is 0.220. The fourth-order valence-electron chi connectivity index (χ4n) is 3.06. The number of hydrogen-bond acceptors (Lipinski definition) is 0. The van der Waals surface area contributed by atoms with Crippen LogP contribution in [0.4, 0.5) is 0 Å². The summed E-state index contributed by atoms with van der Waals surface area (Å²) in [4.78, 5) is 0. The molecule has 0 radical (unpaired) electrons. The van der Waals surface area contributed by atoms with Crippen molar-refractivity contribution in [3.8, 4) is 0 Å². The average molecular weight is 199 g/mol. The molecule has 0 amide bonds. The van der Waals surface area contributed by atoms with Crippen LogP contribution in [0, 0.1) is 17.8 Å². The van der Waals surface area contributed by atoms with Gasteiger partial charge in [-0.15, -0.1) is 0 Å². The van der Waals surface area contributed by atoms with Gasteiger partial charge < -0.3 is 0 Å².